The highest BCUT2D eigenvalue weighted by atomic mass is 35.5. The number of rotatable bonds is 7. The van der Waals surface area contributed by atoms with Gasteiger partial charge in [-0.3, -0.25) is 4.79 Å². The lowest BCUT2D eigenvalue weighted by Crippen LogP contribution is -2.27. The topological polar surface area (TPSA) is 38.8 Å². The molecule has 1 aromatic rings. The van der Waals surface area contributed by atoms with Gasteiger partial charge in [-0.05, 0) is 31.3 Å². The van der Waals surface area contributed by atoms with Crippen molar-refractivity contribution in [1.29, 1.82) is 0 Å². The number of nitrogens with zero attached hydrogens (tertiary/aromatic N) is 1. The molecule has 0 aromatic heterocycles. The first-order chi connectivity index (χ1) is 8.61. The summed E-state index contributed by atoms with van der Waals surface area (Å²) in [6.07, 6.45) is 0.397. The predicted molar refractivity (Wildman–Crippen MR) is 71.1 cm³/mol. The van der Waals surface area contributed by atoms with Crippen LogP contribution in [0.5, 0.6) is 5.75 Å². The zero-order valence-corrected chi connectivity index (χ0v) is 11.4. The second-order valence-electron chi connectivity index (χ2n) is 3.93. The third-order valence-corrected chi connectivity index (χ3v) is 2.73. The molecular weight excluding hydrogens is 254 g/mol. The second-order valence-corrected chi connectivity index (χ2v) is 4.37. The SMILES string of the molecule is COC(=O)CCN(C)CCOc1ccc(Cl)cc1. The lowest BCUT2D eigenvalue weighted by molar-refractivity contribution is -0.140. The molecule has 18 heavy (non-hydrogen) atoms. The Morgan fingerprint density at radius 3 is 2.56 bits per heavy atom. The van der Waals surface area contributed by atoms with Crippen LogP contribution in [-0.2, 0) is 9.53 Å². The fourth-order valence-electron chi connectivity index (χ4n) is 1.35. The molecule has 0 heterocycles. The van der Waals surface area contributed by atoms with Gasteiger partial charge in [-0.1, -0.05) is 11.6 Å². The van der Waals surface area contributed by atoms with Gasteiger partial charge in [0.15, 0.2) is 0 Å². The summed E-state index contributed by atoms with van der Waals surface area (Å²) in [7, 11) is 3.33. The van der Waals surface area contributed by atoms with Gasteiger partial charge in [-0.25, -0.2) is 0 Å². The van der Waals surface area contributed by atoms with Crippen molar-refractivity contribution >= 4 is 17.6 Å². The molecule has 0 atom stereocenters. The number of esters is 1. The van der Waals surface area contributed by atoms with E-state index in [1.807, 2.05) is 24.1 Å². The summed E-state index contributed by atoms with van der Waals surface area (Å²) in [5.41, 5.74) is 0. The van der Waals surface area contributed by atoms with E-state index in [4.69, 9.17) is 16.3 Å². The first-order valence-corrected chi connectivity index (χ1v) is 6.13. The molecule has 0 saturated carbocycles. The van der Waals surface area contributed by atoms with Crippen LogP contribution in [0.2, 0.25) is 5.02 Å². The fraction of sp³-hybridized carbons (Fsp3) is 0.462. The van der Waals surface area contributed by atoms with Gasteiger partial charge < -0.3 is 14.4 Å². The van der Waals surface area contributed by atoms with Crippen molar-refractivity contribution in [2.45, 2.75) is 6.42 Å². The summed E-state index contributed by atoms with van der Waals surface area (Å²) < 4.78 is 10.1. The van der Waals surface area contributed by atoms with Gasteiger partial charge in [-0.2, -0.15) is 0 Å². The van der Waals surface area contributed by atoms with E-state index >= 15 is 0 Å². The zero-order chi connectivity index (χ0) is 13.4. The molecule has 100 valence electrons. The Balaban J connectivity index is 2.17. The van der Waals surface area contributed by atoms with Crippen molar-refractivity contribution in [1.82, 2.24) is 4.90 Å². The summed E-state index contributed by atoms with van der Waals surface area (Å²) >= 11 is 5.77. The molecule has 1 aromatic carbocycles. The van der Waals surface area contributed by atoms with E-state index in [1.165, 1.54) is 7.11 Å². The van der Waals surface area contributed by atoms with Crippen LogP contribution in [-0.4, -0.2) is 44.7 Å². The average Bonchev–Trinajstić information content (AvgIpc) is 2.38. The van der Waals surface area contributed by atoms with Crippen molar-refractivity contribution in [2.75, 3.05) is 33.9 Å². The smallest absolute Gasteiger partial charge is 0.306 e. The summed E-state index contributed by atoms with van der Waals surface area (Å²) in [6, 6.07) is 7.24. The normalized spacial score (nSPS) is 10.4. The maximum Gasteiger partial charge on any atom is 0.306 e. The van der Waals surface area contributed by atoms with Gasteiger partial charge in [-0.15, -0.1) is 0 Å². The number of benzene rings is 1. The van der Waals surface area contributed by atoms with Crippen LogP contribution in [0, 0.1) is 0 Å². The Morgan fingerprint density at radius 2 is 1.94 bits per heavy atom. The number of methoxy groups -OCH3 is 1. The van der Waals surface area contributed by atoms with Crippen LogP contribution in [0.1, 0.15) is 6.42 Å². The van der Waals surface area contributed by atoms with Gasteiger partial charge in [0.25, 0.3) is 0 Å². The van der Waals surface area contributed by atoms with E-state index < -0.39 is 0 Å². The van der Waals surface area contributed by atoms with Crippen LogP contribution < -0.4 is 4.74 Å². The summed E-state index contributed by atoms with van der Waals surface area (Å²) in [6.45, 7) is 1.98. The molecule has 0 N–H and O–H groups in total. The molecule has 0 aliphatic carbocycles. The highest BCUT2D eigenvalue weighted by molar-refractivity contribution is 6.30. The Hall–Kier alpha value is -1.26. The van der Waals surface area contributed by atoms with Crippen molar-refractivity contribution in [3.05, 3.63) is 29.3 Å². The Kier molecular flexibility index (Phi) is 6.54. The molecular formula is C13H18ClNO3. The number of carbonyl (C=O) groups is 1. The van der Waals surface area contributed by atoms with Crippen LogP contribution >= 0.6 is 11.6 Å². The predicted octanol–water partition coefficient (Wildman–Crippen LogP) is 2.21. The zero-order valence-electron chi connectivity index (χ0n) is 10.7. The average molecular weight is 272 g/mol. The molecule has 5 heteroatoms. The monoisotopic (exact) mass is 271 g/mol. The standard InChI is InChI=1S/C13H18ClNO3/c1-15(8-7-13(16)17-2)9-10-18-12-5-3-11(14)4-6-12/h3-6H,7-10H2,1-2H3. The van der Waals surface area contributed by atoms with Crippen LogP contribution in [0.25, 0.3) is 0 Å². The van der Waals surface area contributed by atoms with E-state index in [-0.39, 0.29) is 5.97 Å². The molecule has 0 spiro atoms. The maximum atomic E-state index is 11.0. The van der Waals surface area contributed by atoms with Crippen LogP contribution in [0.4, 0.5) is 0 Å². The van der Waals surface area contributed by atoms with E-state index in [0.717, 1.165) is 12.3 Å². The minimum atomic E-state index is -0.194. The van der Waals surface area contributed by atoms with Gasteiger partial charge in [0.2, 0.25) is 0 Å². The number of halogens is 1. The van der Waals surface area contributed by atoms with Gasteiger partial charge in [0.1, 0.15) is 12.4 Å². The van der Waals surface area contributed by atoms with Crippen molar-refractivity contribution in [2.24, 2.45) is 0 Å². The van der Waals surface area contributed by atoms with Crippen molar-refractivity contribution < 1.29 is 14.3 Å². The molecule has 0 aliphatic heterocycles. The van der Waals surface area contributed by atoms with E-state index in [0.29, 0.717) is 24.6 Å². The number of hydrogen-bond donors (Lipinski definition) is 0. The third kappa shape index (κ3) is 5.89. The minimum absolute atomic E-state index is 0.194. The highest BCUT2D eigenvalue weighted by Gasteiger charge is 2.04. The molecule has 0 radical (unpaired) electrons. The highest BCUT2D eigenvalue weighted by Crippen LogP contribution is 2.15. The number of likely N-dealkylation sites (N-methyl/N-ethyl adjacent to an activating group) is 1. The van der Waals surface area contributed by atoms with Crippen LogP contribution in [0.15, 0.2) is 24.3 Å². The molecule has 0 aliphatic rings. The van der Waals surface area contributed by atoms with Crippen LogP contribution in [0.3, 0.4) is 0 Å². The maximum absolute atomic E-state index is 11.0. The molecule has 0 saturated heterocycles. The Bertz CT molecular complexity index is 367. The van der Waals surface area contributed by atoms with E-state index in [1.54, 1.807) is 12.1 Å². The lowest BCUT2D eigenvalue weighted by Gasteiger charge is -2.16. The van der Waals surface area contributed by atoms with E-state index in [9.17, 15) is 4.79 Å². The van der Waals surface area contributed by atoms with Gasteiger partial charge >= 0.3 is 5.97 Å². The number of carbonyl (C=O) groups excluding carboxylic acids is 1. The molecule has 0 bridgehead atoms. The molecule has 0 unspecified atom stereocenters. The largest absolute Gasteiger partial charge is 0.492 e. The Labute approximate surface area is 112 Å². The summed E-state index contributed by atoms with van der Waals surface area (Å²) in [5.74, 6) is 0.598. The summed E-state index contributed by atoms with van der Waals surface area (Å²) in [4.78, 5) is 13.0. The fourth-order valence-corrected chi connectivity index (χ4v) is 1.47. The quantitative estimate of drug-likeness (QED) is 0.713. The van der Waals surface area contributed by atoms with Crippen molar-refractivity contribution in [3.63, 3.8) is 0 Å². The van der Waals surface area contributed by atoms with Crippen molar-refractivity contribution in [3.8, 4) is 5.75 Å². The first-order valence-electron chi connectivity index (χ1n) is 5.75. The van der Waals surface area contributed by atoms with E-state index in [2.05, 4.69) is 4.74 Å². The Morgan fingerprint density at radius 1 is 1.28 bits per heavy atom. The lowest BCUT2D eigenvalue weighted by atomic mass is 10.3. The molecule has 0 amide bonds. The summed E-state index contributed by atoms with van der Waals surface area (Å²) in [5, 5.41) is 0.692. The van der Waals surface area contributed by atoms with Gasteiger partial charge in [0, 0.05) is 18.1 Å². The third-order valence-electron chi connectivity index (χ3n) is 2.48. The second kappa shape index (κ2) is 7.95. The van der Waals surface area contributed by atoms with Gasteiger partial charge in [0.05, 0.1) is 13.5 Å². The first kappa shape index (κ1) is 14.8. The number of ether oxygens (including phenoxy) is 2. The minimum Gasteiger partial charge on any atom is -0.492 e. The number of hydrogen-bond acceptors (Lipinski definition) is 4. The molecule has 0 fully saturated rings. The molecule has 4 nitrogen and oxygen atoms in total. The molecule has 1 rings (SSSR count).